The molecule has 0 spiro atoms. The van der Waals surface area contributed by atoms with Crippen LogP contribution in [0.15, 0.2) is 41.8 Å². The average molecular weight is 380 g/mol. The van der Waals surface area contributed by atoms with Crippen molar-refractivity contribution in [1.29, 1.82) is 0 Å². The minimum absolute atomic E-state index is 0. The van der Waals surface area contributed by atoms with Gasteiger partial charge in [-0.3, -0.25) is 9.59 Å². The fourth-order valence-electron chi connectivity index (χ4n) is 2.81. The molecule has 2 heterocycles. The normalized spacial score (nSPS) is 16.1. The summed E-state index contributed by atoms with van der Waals surface area (Å²) in [5.74, 6) is -0.133. The maximum atomic E-state index is 12.1. The number of carbonyl (C=O) groups excluding carboxylic acids is 2. The van der Waals surface area contributed by atoms with E-state index in [1.807, 2.05) is 29.6 Å². The van der Waals surface area contributed by atoms with Crippen LogP contribution in [0, 0.1) is 0 Å². The van der Waals surface area contributed by atoms with E-state index in [9.17, 15) is 9.59 Å². The zero-order chi connectivity index (χ0) is 16.8. The number of hydrogen-bond donors (Lipinski definition) is 3. The molecule has 1 aromatic heterocycles. The van der Waals surface area contributed by atoms with Crippen molar-refractivity contribution < 1.29 is 9.59 Å². The van der Waals surface area contributed by atoms with E-state index in [0.717, 1.165) is 19.4 Å². The molecule has 134 valence electrons. The van der Waals surface area contributed by atoms with E-state index < -0.39 is 0 Å². The van der Waals surface area contributed by atoms with Gasteiger partial charge in [0, 0.05) is 23.8 Å². The summed E-state index contributed by atoms with van der Waals surface area (Å²) in [6.45, 7) is 1.05. The van der Waals surface area contributed by atoms with Crippen LogP contribution in [-0.4, -0.2) is 24.4 Å². The lowest BCUT2D eigenvalue weighted by atomic mass is 10.1. The van der Waals surface area contributed by atoms with Crippen LogP contribution in [0.25, 0.3) is 0 Å². The van der Waals surface area contributed by atoms with Crippen molar-refractivity contribution in [2.24, 2.45) is 0 Å². The number of benzene rings is 1. The zero-order valence-corrected chi connectivity index (χ0v) is 15.4. The summed E-state index contributed by atoms with van der Waals surface area (Å²) < 4.78 is 0. The summed E-state index contributed by atoms with van der Waals surface area (Å²) in [6, 6.07) is 11.3. The first-order valence-electron chi connectivity index (χ1n) is 8.19. The van der Waals surface area contributed by atoms with Gasteiger partial charge < -0.3 is 16.0 Å². The fraction of sp³-hybridized carbons (Fsp3) is 0.333. The van der Waals surface area contributed by atoms with Gasteiger partial charge in [0.05, 0.1) is 4.88 Å². The number of amides is 2. The Hall–Kier alpha value is -1.89. The Morgan fingerprint density at radius 3 is 2.64 bits per heavy atom. The van der Waals surface area contributed by atoms with Gasteiger partial charge in [0.1, 0.15) is 0 Å². The highest BCUT2D eigenvalue weighted by atomic mass is 35.5. The van der Waals surface area contributed by atoms with Gasteiger partial charge in [-0.05, 0) is 55.5 Å². The van der Waals surface area contributed by atoms with Crippen LogP contribution in [0.1, 0.15) is 35.4 Å². The maximum Gasteiger partial charge on any atom is 0.265 e. The molecule has 1 saturated heterocycles. The van der Waals surface area contributed by atoms with E-state index in [2.05, 4.69) is 16.0 Å². The third-order valence-corrected chi connectivity index (χ3v) is 4.90. The Labute approximate surface area is 157 Å². The summed E-state index contributed by atoms with van der Waals surface area (Å²) in [7, 11) is 0. The second-order valence-corrected chi connectivity index (χ2v) is 6.84. The van der Waals surface area contributed by atoms with E-state index in [0.29, 0.717) is 28.7 Å². The molecule has 2 aromatic rings. The molecular formula is C18H22ClN3O2S. The van der Waals surface area contributed by atoms with Gasteiger partial charge in [0.25, 0.3) is 5.91 Å². The van der Waals surface area contributed by atoms with E-state index in [4.69, 9.17) is 0 Å². The predicted molar refractivity (Wildman–Crippen MR) is 105 cm³/mol. The highest BCUT2D eigenvalue weighted by Crippen LogP contribution is 2.18. The van der Waals surface area contributed by atoms with Crippen molar-refractivity contribution in [1.82, 2.24) is 5.32 Å². The Morgan fingerprint density at radius 1 is 1.16 bits per heavy atom. The van der Waals surface area contributed by atoms with Crippen LogP contribution in [0.3, 0.4) is 0 Å². The molecule has 1 aromatic carbocycles. The minimum atomic E-state index is -0.138. The lowest BCUT2D eigenvalue weighted by molar-refractivity contribution is -0.116. The molecule has 3 rings (SSSR count). The molecule has 1 aliphatic rings. The Morgan fingerprint density at radius 2 is 1.96 bits per heavy atom. The summed E-state index contributed by atoms with van der Waals surface area (Å²) in [5.41, 5.74) is 1.37. The number of anilines is 2. The SMILES string of the molecule is Cl.O=C(CCC1CCCN1)Nc1cccc(NC(=O)c2cccs2)c1. The fourth-order valence-corrected chi connectivity index (χ4v) is 3.43. The van der Waals surface area contributed by atoms with E-state index in [-0.39, 0.29) is 24.2 Å². The zero-order valence-electron chi connectivity index (χ0n) is 13.8. The number of thiophene rings is 1. The lowest BCUT2D eigenvalue weighted by Crippen LogP contribution is -2.23. The number of nitrogens with one attached hydrogen (secondary N) is 3. The van der Waals surface area contributed by atoms with Crippen molar-refractivity contribution in [2.45, 2.75) is 31.7 Å². The molecule has 0 radical (unpaired) electrons. The second-order valence-electron chi connectivity index (χ2n) is 5.89. The third kappa shape index (κ3) is 5.85. The van der Waals surface area contributed by atoms with Crippen LogP contribution in [0.5, 0.6) is 0 Å². The molecule has 1 fully saturated rings. The van der Waals surface area contributed by atoms with E-state index in [1.54, 1.807) is 12.1 Å². The molecule has 1 unspecified atom stereocenters. The third-order valence-electron chi connectivity index (χ3n) is 4.03. The number of halogens is 1. The van der Waals surface area contributed by atoms with Gasteiger partial charge in [-0.2, -0.15) is 0 Å². The van der Waals surface area contributed by atoms with E-state index >= 15 is 0 Å². The first kappa shape index (κ1) is 19.4. The van der Waals surface area contributed by atoms with Crippen LogP contribution < -0.4 is 16.0 Å². The first-order chi connectivity index (χ1) is 11.7. The summed E-state index contributed by atoms with van der Waals surface area (Å²) in [4.78, 5) is 24.8. The summed E-state index contributed by atoms with van der Waals surface area (Å²) in [6.07, 6.45) is 3.71. The van der Waals surface area contributed by atoms with Crippen molar-refractivity contribution in [3.05, 3.63) is 46.7 Å². The monoisotopic (exact) mass is 379 g/mol. The first-order valence-corrected chi connectivity index (χ1v) is 9.07. The quantitative estimate of drug-likeness (QED) is 0.713. The molecule has 1 atom stereocenters. The molecule has 7 heteroatoms. The Bertz CT molecular complexity index is 700. The average Bonchev–Trinajstić information content (AvgIpc) is 3.27. The molecule has 1 aliphatic heterocycles. The van der Waals surface area contributed by atoms with Gasteiger partial charge in [0.2, 0.25) is 5.91 Å². The Balaban J connectivity index is 0.00000225. The maximum absolute atomic E-state index is 12.1. The minimum Gasteiger partial charge on any atom is -0.326 e. The highest BCUT2D eigenvalue weighted by Gasteiger charge is 2.15. The number of carbonyl (C=O) groups is 2. The molecule has 0 saturated carbocycles. The van der Waals surface area contributed by atoms with Crippen molar-refractivity contribution in [2.75, 3.05) is 17.2 Å². The van der Waals surface area contributed by atoms with Crippen molar-refractivity contribution in [3.63, 3.8) is 0 Å². The standard InChI is InChI=1S/C18H21N3O2S.ClH/c22-17(9-8-13-6-2-10-19-13)20-14-4-1-5-15(12-14)21-18(23)16-7-3-11-24-16;/h1,3-5,7,11-13,19H,2,6,8-10H2,(H,20,22)(H,21,23);1H. The van der Waals surface area contributed by atoms with Crippen LogP contribution in [-0.2, 0) is 4.79 Å². The highest BCUT2D eigenvalue weighted by molar-refractivity contribution is 7.12. The van der Waals surface area contributed by atoms with Crippen LogP contribution in [0.2, 0.25) is 0 Å². The molecule has 25 heavy (non-hydrogen) atoms. The van der Waals surface area contributed by atoms with Crippen molar-refractivity contribution in [3.8, 4) is 0 Å². The van der Waals surface area contributed by atoms with E-state index in [1.165, 1.54) is 17.8 Å². The lowest BCUT2D eigenvalue weighted by Gasteiger charge is -2.11. The predicted octanol–water partition coefficient (Wildman–Crippen LogP) is 3.89. The molecule has 2 amide bonds. The molecule has 5 nitrogen and oxygen atoms in total. The number of hydrogen-bond acceptors (Lipinski definition) is 4. The van der Waals surface area contributed by atoms with Gasteiger partial charge in [-0.15, -0.1) is 23.7 Å². The van der Waals surface area contributed by atoms with Gasteiger partial charge in [-0.1, -0.05) is 12.1 Å². The second kappa shape index (κ2) is 9.56. The van der Waals surface area contributed by atoms with Gasteiger partial charge in [0.15, 0.2) is 0 Å². The van der Waals surface area contributed by atoms with Crippen LogP contribution >= 0.6 is 23.7 Å². The summed E-state index contributed by atoms with van der Waals surface area (Å²) >= 11 is 1.40. The largest absolute Gasteiger partial charge is 0.326 e. The van der Waals surface area contributed by atoms with Gasteiger partial charge in [-0.25, -0.2) is 0 Å². The smallest absolute Gasteiger partial charge is 0.265 e. The molecule has 0 aliphatic carbocycles. The van der Waals surface area contributed by atoms with Crippen molar-refractivity contribution >= 4 is 46.9 Å². The van der Waals surface area contributed by atoms with Crippen LogP contribution in [0.4, 0.5) is 11.4 Å². The molecule has 3 N–H and O–H groups in total. The molecular weight excluding hydrogens is 358 g/mol. The topological polar surface area (TPSA) is 70.2 Å². The van der Waals surface area contributed by atoms with Gasteiger partial charge >= 0.3 is 0 Å². The summed E-state index contributed by atoms with van der Waals surface area (Å²) in [5, 5.41) is 11.0. The molecule has 0 bridgehead atoms. The Kier molecular flexibility index (Phi) is 7.43. The number of rotatable bonds is 6.